The average Bonchev–Trinajstić information content (AvgIpc) is 2.61. The summed E-state index contributed by atoms with van der Waals surface area (Å²) < 4.78 is 1.71. The minimum absolute atomic E-state index is 0.140. The van der Waals surface area contributed by atoms with Crippen molar-refractivity contribution >= 4 is 16.9 Å². The van der Waals surface area contributed by atoms with E-state index < -0.39 is 0 Å². The molecule has 0 radical (unpaired) electrons. The normalized spacial score (nSPS) is 12.0. The third-order valence-electron chi connectivity index (χ3n) is 2.72. The zero-order valence-electron chi connectivity index (χ0n) is 10.3. The van der Waals surface area contributed by atoms with Crippen LogP contribution in [0.2, 0.25) is 0 Å². The first-order valence-corrected chi connectivity index (χ1v) is 5.55. The summed E-state index contributed by atoms with van der Waals surface area (Å²) in [6.45, 7) is 4.18. The van der Waals surface area contributed by atoms with E-state index in [1.54, 1.807) is 10.9 Å². The fourth-order valence-electron chi connectivity index (χ4n) is 1.72. The number of aliphatic hydroxyl groups is 1. The fraction of sp³-hybridized carbons (Fsp3) is 0.545. The minimum Gasteiger partial charge on any atom is -0.396 e. The monoisotopic (exact) mass is 235 g/mol. The largest absolute Gasteiger partial charge is 0.396 e. The molecule has 0 aliphatic rings. The molecule has 0 aliphatic carbocycles. The van der Waals surface area contributed by atoms with Crippen molar-refractivity contribution in [3.05, 3.63) is 12.5 Å². The van der Waals surface area contributed by atoms with E-state index in [1.165, 1.54) is 6.33 Å². The number of nitrogens with zero attached hydrogens (tertiary/aromatic N) is 4. The van der Waals surface area contributed by atoms with Gasteiger partial charge in [0.05, 0.1) is 11.6 Å². The van der Waals surface area contributed by atoms with Crippen LogP contribution < -0.4 is 5.32 Å². The van der Waals surface area contributed by atoms with Crippen molar-refractivity contribution in [3.8, 4) is 0 Å². The highest BCUT2D eigenvalue weighted by Crippen LogP contribution is 2.22. The highest BCUT2D eigenvalue weighted by molar-refractivity contribution is 5.86. The maximum absolute atomic E-state index is 9.01. The number of hydrogen-bond donors (Lipinski definition) is 2. The zero-order valence-corrected chi connectivity index (χ0v) is 10.3. The maximum Gasteiger partial charge on any atom is 0.163 e. The highest BCUT2D eigenvalue weighted by atomic mass is 16.3. The Labute approximate surface area is 99.7 Å². The van der Waals surface area contributed by atoms with E-state index in [0.717, 1.165) is 16.9 Å². The second kappa shape index (κ2) is 4.29. The highest BCUT2D eigenvalue weighted by Gasteiger charge is 2.19. The van der Waals surface area contributed by atoms with Crippen LogP contribution in [0.1, 0.15) is 20.3 Å². The number of aliphatic hydroxyl groups excluding tert-OH is 1. The first-order chi connectivity index (χ1) is 8.03. The Balaban J connectivity index is 2.36. The van der Waals surface area contributed by atoms with Gasteiger partial charge < -0.3 is 10.4 Å². The van der Waals surface area contributed by atoms with E-state index in [2.05, 4.69) is 20.4 Å². The van der Waals surface area contributed by atoms with Crippen molar-refractivity contribution in [2.45, 2.75) is 25.8 Å². The summed E-state index contributed by atoms with van der Waals surface area (Å²) in [6, 6.07) is 0. The van der Waals surface area contributed by atoms with Gasteiger partial charge in [-0.05, 0) is 20.3 Å². The van der Waals surface area contributed by atoms with Crippen molar-refractivity contribution in [3.63, 3.8) is 0 Å². The van der Waals surface area contributed by atoms with E-state index in [0.29, 0.717) is 6.42 Å². The van der Waals surface area contributed by atoms with Gasteiger partial charge in [0.15, 0.2) is 5.65 Å². The number of hydrogen-bond acceptors (Lipinski definition) is 5. The lowest BCUT2D eigenvalue weighted by Gasteiger charge is -2.26. The van der Waals surface area contributed by atoms with E-state index >= 15 is 0 Å². The molecule has 2 rings (SSSR count). The van der Waals surface area contributed by atoms with Crippen LogP contribution in [0.25, 0.3) is 11.0 Å². The number of nitrogens with one attached hydrogen (secondary N) is 1. The Morgan fingerprint density at radius 2 is 2.18 bits per heavy atom. The number of aryl methyl sites for hydroxylation is 1. The first kappa shape index (κ1) is 11.8. The zero-order chi connectivity index (χ0) is 12.5. The lowest BCUT2D eigenvalue weighted by molar-refractivity contribution is 0.260. The number of rotatable bonds is 4. The van der Waals surface area contributed by atoms with E-state index in [9.17, 15) is 0 Å². The van der Waals surface area contributed by atoms with Gasteiger partial charge in [-0.25, -0.2) is 9.97 Å². The van der Waals surface area contributed by atoms with Crippen LogP contribution in [0.15, 0.2) is 12.5 Å². The molecule has 2 N–H and O–H groups in total. The van der Waals surface area contributed by atoms with Crippen LogP contribution >= 0.6 is 0 Å². The molecule has 6 heteroatoms. The molecule has 0 fully saturated rings. The summed E-state index contributed by atoms with van der Waals surface area (Å²) in [4.78, 5) is 8.41. The summed E-state index contributed by atoms with van der Waals surface area (Å²) in [7, 11) is 1.85. The van der Waals surface area contributed by atoms with Gasteiger partial charge in [0.2, 0.25) is 0 Å². The average molecular weight is 235 g/mol. The van der Waals surface area contributed by atoms with E-state index in [1.807, 2.05) is 20.9 Å². The molecule has 0 aromatic carbocycles. The fourth-order valence-corrected chi connectivity index (χ4v) is 1.72. The minimum atomic E-state index is -0.216. The Hall–Kier alpha value is -1.69. The molecular formula is C11H17N5O. The molecule has 92 valence electrons. The molecule has 0 atom stereocenters. The van der Waals surface area contributed by atoms with Crippen LogP contribution in [-0.4, -0.2) is 37.0 Å². The second-order valence-corrected chi connectivity index (χ2v) is 4.71. The van der Waals surface area contributed by atoms with Crippen LogP contribution in [0.4, 0.5) is 5.82 Å². The molecule has 2 aromatic heterocycles. The van der Waals surface area contributed by atoms with Crippen LogP contribution in [0.5, 0.6) is 0 Å². The Morgan fingerprint density at radius 3 is 2.88 bits per heavy atom. The Kier molecular flexibility index (Phi) is 2.97. The third kappa shape index (κ3) is 2.36. The smallest absolute Gasteiger partial charge is 0.163 e. The maximum atomic E-state index is 9.01. The molecule has 6 nitrogen and oxygen atoms in total. The first-order valence-electron chi connectivity index (χ1n) is 5.55. The predicted molar refractivity (Wildman–Crippen MR) is 65.7 cm³/mol. The Morgan fingerprint density at radius 1 is 1.41 bits per heavy atom. The van der Waals surface area contributed by atoms with E-state index in [-0.39, 0.29) is 12.1 Å². The molecule has 0 amide bonds. The SMILES string of the molecule is Cn1ncc2c(NC(C)(C)CCO)ncnc21. The van der Waals surface area contributed by atoms with E-state index in [4.69, 9.17) is 5.11 Å². The predicted octanol–water partition coefficient (Wildman–Crippen LogP) is 0.936. The van der Waals surface area contributed by atoms with Gasteiger partial charge in [0, 0.05) is 19.2 Å². The molecule has 2 aromatic rings. The number of aromatic nitrogens is 4. The third-order valence-corrected chi connectivity index (χ3v) is 2.72. The lowest BCUT2D eigenvalue weighted by atomic mass is 10.0. The van der Waals surface area contributed by atoms with Crippen molar-refractivity contribution in [1.82, 2.24) is 19.7 Å². The van der Waals surface area contributed by atoms with Crippen LogP contribution in [0.3, 0.4) is 0 Å². The van der Waals surface area contributed by atoms with Crippen LogP contribution in [-0.2, 0) is 7.05 Å². The number of anilines is 1. The summed E-state index contributed by atoms with van der Waals surface area (Å²) in [5, 5.41) is 17.4. The van der Waals surface area contributed by atoms with Crippen molar-refractivity contribution < 1.29 is 5.11 Å². The number of fused-ring (bicyclic) bond motifs is 1. The summed E-state index contributed by atoms with van der Waals surface area (Å²) in [5.74, 6) is 0.751. The molecule has 0 aliphatic heterocycles. The van der Waals surface area contributed by atoms with Gasteiger partial charge in [0.1, 0.15) is 12.1 Å². The summed E-state index contributed by atoms with van der Waals surface area (Å²) in [5.41, 5.74) is 0.577. The van der Waals surface area contributed by atoms with Crippen molar-refractivity contribution in [1.29, 1.82) is 0 Å². The quantitative estimate of drug-likeness (QED) is 0.824. The van der Waals surface area contributed by atoms with Gasteiger partial charge in [-0.2, -0.15) is 5.10 Å². The lowest BCUT2D eigenvalue weighted by Crippen LogP contribution is -2.32. The second-order valence-electron chi connectivity index (χ2n) is 4.71. The molecule has 0 spiro atoms. The molecular weight excluding hydrogens is 218 g/mol. The molecule has 17 heavy (non-hydrogen) atoms. The van der Waals surface area contributed by atoms with Crippen molar-refractivity contribution in [2.75, 3.05) is 11.9 Å². The van der Waals surface area contributed by atoms with Crippen molar-refractivity contribution in [2.24, 2.45) is 7.05 Å². The van der Waals surface area contributed by atoms with Gasteiger partial charge in [0.25, 0.3) is 0 Å². The van der Waals surface area contributed by atoms with Crippen LogP contribution in [0, 0.1) is 0 Å². The topological polar surface area (TPSA) is 75.9 Å². The standard InChI is InChI=1S/C11H17N5O/c1-11(2,4-5-17)15-9-8-6-14-16(3)10(8)13-7-12-9/h6-7,17H,4-5H2,1-3H3,(H,12,13,15). The molecule has 2 heterocycles. The summed E-state index contributed by atoms with van der Waals surface area (Å²) in [6.07, 6.45) is 3.91. The molecule has 0 bridgehead atoms. The summed E-state index contributed by atoms with van der Waals surface area (Å²) >= 11 is 0. The Bertz CT molecular complexity index is 520. The van der Waals surface area contributed by atoms with Gasteiger partial charge in [-0.15, -0.1) is 0 Å². The van der Waals surface area contributed by atoms with Gasteiger partial charge >= 0.3 is 0 Å². The molecule has 0 unspecified atom stereocenters. The molecule has 0 saturated carbocycles. The molecule has 0 saturated heterocycles. The van der Waals surface area contributed by atoms with Gasteiger partial charge in [-0.1, -0.05) is 0 Å². The van der Waals surface area contributed by atoms with Gasteiger partial charge in [-0.3, -0.25) is 4.68 Å².